The summed E-state index contributed by atoms with van der Waals surface area (Å²) in [4.78, 5) is 21.2. The summed E-state index contributed by atoms with van der Waals surface area (Å²) in [6, 6.07) is 7.84. The lowest BCUT2D eigenvalue weighted by Gasteiger charge is -2.09. The molecule has 0 aliphatic heterocycles. The Labute approximate surface area is 212 Å². The number of halogens is 3. The van der Waals surface area contributed by atoms with Crippen molar-refractivity contribution in [2.75, 3.05) is 7.11 Å². The second kappa shape index (κ2) is 9.11. The van der Waals surface area contributed by atoms with Gasteiger partial charge in [-0.1, -0.05) is 41.4 Å². The van der Waals surface area contributed by atoms with E-state index in [1.54, 1.807) is 32.0 Å². The molecule has 5 rings (SSSR count). The zero-order valence-corrected chi connectivity index (χ0v) is 20.2. The maximum absolute atomic E-state index is 14.1. The number of aromatic amines is 1. The standard InChI is InChI=1S/C26H18F3N5O4/c1-5-9-17(36-4)20-14(3)38-24(31-20)19-21(16-12-37-33-13(16)2)30-23-18(15-10-7-6-8-11-15)22(26(27,28)29)32-34(23)25(19)35/h1,6-12,30H,2-4H3/b17-9+. The quantitative estimate of drug-likeness (QED) is 0.248. The van der Waals surface area contributed by atoms with Crippen LogP contribution in [-0.4, -0.2) is 31.8 Å². The van der Waals surface area contributed by atoms with E-state index in [1.807, 2.05) is 0 Å². The Bertz CT molecular complexity index is 1800. The lowest BCUT2D eigenvalue weighted by atomic mass is 10.0. The van der Waals surface area contributed by atoms with E-state index in [9.17, 15) is 18.0 Å². The molecule has 0 amide bonds. The fourth-order valence-electron chi connectivity index (χ4n) is 4.12. The van der Waals surface area contributed by atoms with Crippen LogP contribution in [0.4, 0.5) is 13.2 Å². The SMILES string of the molecule is C#C/C=C(/OC)c1nc(-c2c(-c3conc3C)[nH]c3c(-c4ccccc4)c(C(F)(F)F)nn3c2=O)oc1C. The van der Waals surface area contributed by atoms with Gasteiger partial charge in [0.25, 0.3) is 5.56 Å². The number of H-pyrrole nitrogens is 1. The summed E-state index contributed by atoms with van der Waals surface area (Å²) in [5.41, 5.74) is -1.60. The summed E-state index contributed by atoms with van der Waals surface area (Å²) in [6.07, 6.45) is 3.09. The molecule has 0 saturated carbocycles. The van der Waals surface area contributed by atoms with E-state index < -0.39 is 17.4 Å². The van der Waals surface area contributed by atoms with Gasteiger partial charge in [-0.3, -0.25) is 4.79 Å². The average molecular weight is 521 g/mol. The topological polar surface area (TPSA) is 111 Å². The minimum Gasteiger partial charge on any atom is -0.494 e. The fourth-order valence-corrected chi connectivity index (χ4v) is 4.12. The van der Waals surface area contributed by atoms with Crippen molar-refractivity contribution in [2.45, 2.75) is 20.0 Å². The van der Waals surface area contributed by atoms with Crippen molar-refractivity contribution in [1.82, 2.24) is 24.7 Å². The highest BCUT2D eigenvalue weighted by atomic mass is 19.4. The molecule has 9 nitrogen and oxygen atoms in total. The highest BCUT2D eigenvalue weighted by Gasteiger charge is 2.40. The van der Waals surface area contributed by atoms with Crippen LogP contribution in [0.5, 0.6) is 0 Å². The number of hydrogen-bond acceptors (Lipinski definition) is 7. The van der Waals surface area contributed by atoms with Gasteiger partial charge >= 0.3 is 6.18 Å². The summed E-state index contributed by atoms with van der Waals surface area (Å²) in [5, 5.41) is 7.53. The Hall–Kier alpha value is -5.05. The monoisotopic (exact) mass is 521 g/mol. The summed E-state index contributed by atoms with van der Waals surface area (Å²) < 4.78 is 59.2. The molecule has 0 bridgehead atoms. The van der Waals surface area contributed by atoms with Crippen molar-refractivity contribution in [3.05, 3.63) is 75.9 Å². The van der Waals surface area contributed by atoms with Crippen LogP contribution in [-0.2, 0) is 10.9 Å². The number of nitrogens with zero attached hydrogens (tertiary/aromatic N) is 4. The Kier molecular flexibility index (Phi) is 5.91. The first-order valence-electron chi connectivity index (χ1n) is 11.1. The number of benzene rings is 1. The van der Waals surface area contributed by atoms with Crippen LogP contribution in [0.2, 0.25) is 0 Å². The van der Waals surface area contributed by atoms with E-state index in [0.29, 0.717) is 15.8 Å². The number of hydrogen-bond donors (Lipinski definition) is 1. The molecule has 0 radical (unpaired) electrons. The number of allylic oxidation sites excluding steroid dienone is 1. The molecule has 0 fully saturated rings. The number of ether oxygens (including phenoxy) is 1. The van der Waals surface area contributed by atoms with Crippen LogP contribution in [0.25, 0.3) is 45.2 Å². The normalized spacial score (nSPS) is 12.2. The molecule has 192 valence electrons. The minimum absolute atomic E-state index is 0.0831. The van der Waals surface area contributed by atoms with Gasteiger partial charge in [0.15, 0.2) is 11.5 Å². The number of rotatable bonds is 5. The first-order chi connectivity index (χ1) is 18.2. The summed E-state index contributed by atoms with van der Waals surface area (Å²) in [7, 11) is 1.38. The minimum atomic E-state index is -4.86. The molecule has 0 aliphatic carbocycles. The molecule has 0 spiro atoms. The maximum atomic E-state index is 14.1. The zero-order valence-electron chi connectivity index (χ0n) is 20.2. The van der Waals surface area contributed by atoms with E-state index in [2.05, 4.69) is 26.1 Å². The van der Waals surface area contributed by atoms with E-state index in [0.717, 1.165) is 0 Å². The van der Waals surface area contributed by atoms with Gasteiger partial charge in [0.05, 0.1) is 29.6 Å². The number of oxazole rings is 1. The molecule has 5 aromatic rings. The largest absolute Gasteiger partial charge is 0.494 e. The Morgan fingerprint density at radius 3 is 2.55 bits per heavy atom. The smallest absolute Gasteiger partial charge is 0.435 e. The fraction of sp³-hybridized carbons (Fsp3) is 0.154. The molecule has 0 aliphatic rings. The van der Waals surface area contributed by atoms with E-state index in [1.165, 1.54) is 31.6 Å². The van der Waals surface area contributed by atoms with Crippen LogP contribution >= 0.6 is 0 Å². The van der Waals surface area contributed by atoms with Gasteiger partial charge in [0.2, 0.25) is 5.89 Å². The third-order valence-electron chi connectivity index (χ3n) is 5.81. The van der Waals surface area contributed by atoms with Gasteiger partial charge < -0.3 is 18.7 Å². The van der Waals surface area contributed by atoms with Crippen molar-refractivity contribution >= 4 is 11.4 Å². The number of methoxy groups -OCH3 is 1. The third-order valence-corrected chi connectivity index (χ3v) is 5.81. The number of fused-ring (bicyclic) bond motifs is 1. The van der Waals surface area contributed by atoms with Crippen LogP contribution < -0.4 is 5.56 Å². The van der Waals surface area contributed by atoms with Crippen LogP contribution in [0.15, 0.2) is 56.4 Å². The first-order valence-corrected chi connectivity index (χ1v) is 11.1. The van der Waals surface area contributed by atoms with Crippen LogP contribution in [0.1, 0.15) is 22.8 Å². The van der Waals surface area contributed by atoms with Gasteiger partial charge in [0, 0.05) is 6.08 Å². The molecular weight excluding hydrogens is 503 g/mol. The van der Waals surface area contributed by atoms with Crippen molar-refractivity contribution < 1.29 is 26.8 Å². The van der Waals surface area contributed by atoms with E-state index in [-0.39, 0.29) is 51.1 Å². The van der Waals surface area contributed by atoms with Crippen molar-refractivity contribution in [3.8, 4) is 46.2 Å². The van der Waals surface area contributed by atoms with E-state index in [4.69, 9.17) is 20.1 Å². The molecule has 1 aromatic carbocycles. The lowest BCUT2D eigenvalue weighted by molar-refractivity contribution is -0.140. The molecule has 0 atom stereocenters. The number of aromatic nitrogens is 5. The molecule has 12 heteroatoms. The molecule has 0 unspecified atom stereocenters. The first kappa shape index (κ1) is 24.6. The Morgan fingerprint density at radius 1 is 1.21 bits per heavy atom. The van der Waals surface area contributed by atoms with Crippen LogP contribution in [0, 0.1) is 26.2 Å². The van der Waals surface area contributed by atoms with Crippen molar-refractivity contribution in [3.63, 3.8) is 0 Å². The lowest BCUT2D eigenvalue weighted by Crippen LogP contribution is -2.20. The number of nitrogens with one attached hydrogen (secondary N) is 1. The number of terminal acetylenes is 1. The molecule has 1 N–H and O–H groups in total. The van der Waals surface area contributed by atoms with Gasteiger partial charge in [-0.2, -0.15) is 22.8 Å². The van der Waals surface area contributed by atoms with Gasteiger partial charge in [-0.25, -0.2) is 4.98 Å². The molecule has 4 heterocycles. The Morgan fingerprint density at radius 2 is 1.95 bits per heavy atom. The predicted octanol–water partition coefficient (Wildman–Crippen LogP) is 5.26. The van der Waals surface area contributed by atoms with Gasteiger partial charge in [-0.05, 0) is 19.4 Å². The maximum Gasteiger partial charge on any atom is 0.435 e. The second-order valence-corrected chi connectivity index (χ2v) is 8.14. The zero-order chi connectivity index (χ0) is 27.2. The summed E-state index contributed by atoms with van der Waals surface area (Å²) in [6.45, 7) is 3.20. The van der Waals surface area contributed by atoms with E-state index >= 15 is 0 Å². The summed E-state index contributed by atoms with van der Waals surface area (Å²) in [5.74, 6) is 2.60. The summed E-state index contributed by atoms with van der Waals surface area (Å²) >= 11 is 0. The molecular formula is C26H18F3N5O4. The number of aryl methyl sites for hydroxylation is 2. The van der Waals surface area contributed by atoms with Crippen LogP contribution in [0.3, 0.4) is 0 Å². The number of alkyl halides is 3. The Balaban J connectivity index is 1.91. The van der Waals surface area contributed by atoms with Crippen molar-refractivity contribution in [1.29, 1.82) is 0 Å². The highest BCUT2D eigenvalue weighted by Crippen LogP contribution is 2.40. The third kappa shape index (κ3) is 3.94. The molecule has 4 aromatic heterocycles. The molecule has 0 saturated heterocycles. The van der Waals surface area contributed by atoms with Crippen molar-refractivity contribution in [2.24, 2.45) is 0 Å². The van der Waals surface area contributed by atoms with Gasteiger partial charge in [-0.15, -0.1) is 6.42 Å². The second-order valence-electron chi connectivity index (χ2n) is 8.14. The highest BCUT2D eigenvalue weighted by molar-refractivity contribution is 5.85. The average Bonchev–Trinajstić information content (AvgIpc) is 3.59. The molecule has 38 heavy (non-hydrogen) atoms. The predicted molar refractivity (Wildman–Crippen MR) is 131 cm³/mol. The van der Waals surface area contributed by atoms with Gasteiger partial charge in [0.1, 0.15) is 28.9 Å².